The van der Waals surface area contributed by atoms with Gasteiger partial charge in [-0.15, -0.1) is 0 Å². The molecule has 0 saturated carbocycles. The van der Waals surface area contributed by atoms with E-state index in [0.717, 1.165) is 35.2 Å². The molecule has 0 amide bonds. The molecule has 0 fully saturated rings. The van der Waals surface area contributed by atoms with Gasteiger partial charge in [0.1, 0.15) is 5.76 Å². The predicted octanol–water partition coefficient (Wildman–Crippen LogP) is 4.34. The number of nitrogens with zero attached hydrogens (tertiary/aromatic N) is 3. The molecule has 0 N–H and O–H groups in total. The maximum Gasteiger partial charge on any atom is 0.173 e. The van der Waals surface area contributed by atoms with Crippen LogP contribution >= 0.6 is 11.8 Å². The van der Waals surface area contributed by atoms with Crippen LogP contribution in [-0.4, -0.2) is 14.7 Å². The van der Waals surface area contributed by atoms with E-state index in [4.69, 9.17) is 9.51 Å². The highest BCUT2D eigenvalue weighted by Gasteiger charge is 2.21. The number of aryl methyl sites for hydroxylation is 2. The molecule has 0 unspecified atom stereocenters. The molecule has 4 rings (SSSR count). The Morgan fingerprint density at radius 3 is 2.78 bits per heavy atom. The number of thioether (sulfide) groups is 1. The maximum absolute atomic E-state index is 5.16. The molecule has 0 bridgehead atoms. The Labute approximate surface area is 139 Å². The van der Waals surface area contributed by atoms with E-state index in [1.165, 1.54) is 29.9 Å². The molecule has 1 aromatic carbocycles. The van der Waals surface area contributed by atoms with E-state index >= 15 is 0 Å². The lowest BCUT2D eigenvalue weighted by molar-refractivity contribution is 0.393. The van der Waals surface area contributed by atoms with Crippen LogP contribution in [-0.2, 0) is 18.6 Å². The van der Waals surface area contributed by atoms with Crippen molar-refractivity contribution >= 4 is 11.8 Å². The lowest BCUT2D eigenvalue weighted by Crippen LogP contribution is -2.07. The summed E-state index contributed by atoms with van der Waals surface area (Å²) in [5, 5.41) is 5.14. The molecule has 4 nitrogen and oxygen atoms in total. The Balaban J connectivity index is 1.69. The van der Waals surface area contributed by atoms with E-state index in [-0.39, 0.29) is 0 Å². The summed E-state index contributed by atoms with van der Waals surface area (Å²) in [5.41, 5.74) is 4.80. The lowest BCUT2D eigenvalue weighted by Gasteiger charge is -2.15. The molecule has 5 heteroatoms. The van der Waals surface area contributed by atoms with Crippen molar-refractivity contribution in [1.82, 2.24) is 14.7 Å². The predicted molar refractivity (Wildman–Crippen MR) is 91.0 cm³/mol. The van der Waals surface area contributed by atoms with Gasteiger partial charge in [0.25, 0.3) is 0 Å². The zero-order valence-electron chi connectivity index (χ0n) is 13.2. The number of imidazole rings is 1. The first kappa shape index (κ1) is 14.6. The van der Waals surface area contributed by atoms with Crippen molar-refractivity contribution in [3.05, 3.63) is 59.2 Å². The molecule has 1 aliphatic rings. The number of hydrogen-bond donors (Lipinski definition) is 0. The average molecular weight is 325 g/mol. The highest BCUT2D eigenvalue weighted by molar-refractivity contribution is 7.98. The van der Waals surface area contributed by atoms with Gasteiger partial charge in [-0.1, -0.05) is 35.1 Å². The first-order valence-electron chi connectivity index (χ1n) is 8.02. The Kier molecular flexibility index (Phi) is 3.95. The van der Waals surface area contributed by atoms with Crippen LogP contribution in [0.2, 0.25) is 0 Å². The third-order valence-corrected chi connectivity index (χ3v) is 5.11. The van der Waals surface area contributed by atoms with E-state index in [2.05, 4.69) is 40.1 Å². The molecule has 23 heavy (non-hydrogen) atoms. The van der Waals surface area contributed by atoms with Crippen molar-refractivity contribution in [2.75, 3.05) is 0 Å². The summed E-state index contributed by atoms with van der Waals surface area (Å²) in [6.07, 6.45) is 4.69. The summed E-state index contributed by atoms with van der Waals surface area (Å²) in [6, 6.07) is 12.5. The minimum Gasteiger partial charge on any atom is -0.361 e. The van der Waals surface area contributed by atoms with Crippen molar-refractivity contribution in [3.8, 4) is 5.69 Å². The Morgan fingerprint density at radius 2 is 2.00 bits per heavy atom. The molecule has 2 aromatic heterocycles. The van der Waals surface area contributed by atoms with Crippen LogP contribution < -0.4 is 0 Å². The number of rotatable bonds is 4. The van der Waals surface area contributed by atoms with E-state index in [9.17, 15) is 0 Å². The molecule has 0 saturated heterocycles. The Bertz CT molecular complexity index is 807. The molecular formula is C18H19N3OS. The largest absolute Gasteiger partial charge is 0.361 e. The minimum absolute atomic E-state index is 0.778. The molecule has 118 valence electrons. The van der Waals surface area contributed by atoms with E-state index in [1.807, 2.05) is 13.0 Å². The number of fused-ring (bicyclic) bond motifs is 1. The summed E-state index contributed by atoms with van der Waals surface area (Å²) < 4.78 is 7.48. The first-order valence-corrected chi connectivity index (χ1v) is 9.01. The number of benzene rings is 1. The second-order valence-electron chi connectivity index (χ2n) is 5.88. The molecule has 1 aliphatic carbocycles. The SMILES string of the molecule is Cc1cc(CSc2nc3c(n2-c2ccccc2)CCCC3)no1. The van der Waals surface area contributed by atoms with Crippen molar-refractivity contribution in [2.45, 2.75) is 43.5 Å². The summed E-state index contributed by atoms with van der Waals surface area (Å²) in [5.74, 6) is 1.63. The van der Waals surface area contributed by atoms with Gasteiger partial charge < -0.3 is 4.52 Å². The van der Waals surface area contributed by atoms with Gasteiger partial charge in [-0.05, 0) is 44.7 Å². The summed E-state index contributed by atoms with van der Waals surface area (Å²) in [4.78, 5) is 4.92. The molecule has 0 spiro atoms. The molecule has 0 aliphatic heterocycles. The first-order chi connectivity index (χ1) is 11.3. The van der Waals surface area contributed by atoms with Gasteiger partial charge in [0.2, 0.25) is 0 Å². The fourth-order valence-corrected chi connectivity index (χ4v) is 4.01. The van der Waals surface area contributed by atoms with Gasteiger partial charge in [-0.25, -0.2) is 4.98 Å². The van der Waals surface area contributed by atoms with Crippen LogP contribution in [0.3, 0.4) is 0 Å². The van der Waals surface area contributed by atoms with Crippen molar-refractivity contribution in [3.63, 3.8) is 0 Å². The van der Waals surface area contributed by atoms with E-state index in [0.29, 0.717) is 0 Å². The maximum atomic E-state index is 5.16. The van der Waals surface area contributed by atoms with E-state index < -0.39 is 0 Å². The van der Waals surface area contributed by atoms with Crippen LogP contribution in [0.15, 0.2) is 46.1 Å². The zero-order chi connectivity index (χ0) is 15.6. The van der Waals surface area contributed by atoms with Gasteiger partial charge >= 0.3 is 0 Å². The minimum atomic E-state index is 0.778. The number of aromatic nitrogens is 3. The van der Waals surface area contributed by atoms with Crippen molar-refractivity contribution in [2.24, 2.45) is 0 Å². The monoisotopic (exact) mass is 325 g/mol. The van der Waals surface area contributed by atoms with Gasteiger partial charge in [0, 0.05) is 23.2 Å². The quantitative estimate of drug-likeness (QED) is 0.669. The third-order valence-electron chi connectivity index (χ3n) is 4.14. The van der Waals surface area contributed by atoms with Crippen LogP contribution in [0.5, 0.6) is 0 Å². The molecule has 0 radical (unpaired) electrons. The Morgan fingerprint density at radius 1 is 1.17 bits per heavy atom. The number of hydrogen-bond acceptors (Lipinski definition) is 4. The fourth-order valence-electron chi connectivity index (χ4n) is 3.08. The van der Waals surface area contributed by atoms with Crippen LogP contribution in [0.4, 0.5) is 0 Å². The van der Waals surface area contributed by atoms with Crippen molar-refractivity contribution < 1.29 is 4.52 Å². The summed E-state index contributed by atoms with van der Waals surface area (Å²) >= 11 is 1.73. The molecule has 0 atom stereocenters. The van der Waals surface area contributed by atoms with Crippen LogP contribution in [0, 0.1) is 6.92 Å². The average Bonchev–Trinajstić information content (AvgIpc) is 3.16. The van der Waals surface area contributed by atoms with Crippen LogP contribution in [0.1, 0.15) is 35.7 Å². The second-order valence-corrected chi connectivity index (χ2v) is 6.83. The molecular weight excluding hydrogens is 306 g/mol. The Hall–Kier alpha value is -2.01. The summed E-state index contributed by atoms with van der Waals surface area (Å²) in [7, 11) is 0. The zero-order valence-corrected chi connectivity index (χ0v) is 14.0. The fraction of sp³-hybridized carbons (Fsp3) is 0.333. The highest BCUT2D eigenvalue weighted by atomic mass is 32.2. The van der Waals surface area contributed by atoms with E-state index in [1.54, 1.807) is 11.8 Å². The summed E-state index contributed by atoms with van der Waals surface area (Å²) in [6.45, 7) is 1.92. The number of para-hydroxylation sites is 1. The van der Waals surface area contributed by atoms with Gasteiger partial charge in [0.15, 0.2) is 5.16 Å². The molecule has 3 aromatic rings. The third kappa shape index (κ3) is 2.93. The van der Waals surface area contributed by atoms with Crippen molar-refractivity contribution in [1.29, 1.82) is 0 Å². The van der Waals surface area contributed by atoms with Crippen LogP contribution in [0.25, 0.3) is 5.69 Å². The topological polar surface area (TPSA) is 43.9 Å². The second kappa shape index (κ2) is 6.24. The standard InChI is InChI=1S/C18H19N3OS/c1-13-11-14(20-22-13)12-23-18-19-16-9-5-6-10-17(16)21(18)15-7-3-2-4-8-15/h2-4,7-8,11H,5-6,9-10,12H2,1H3. The van der Waals surface area contributed by atoms with Gasteiger partial charge in [-0.3, -0.25) is 4.57 Å². The normalized spacial score (nSPS) is 14.0. The van der Waals surface area contributed by atoms with Gasteiger partial charge in [-0.2, -0.15) is 0 Å². The van der Waals surface area contributed by atoms with Gasteiger partial charge in [0.05, 0.1) is 11.4 Å². The smallest absolute Gasteiger partial charge is 0.173 e. The highest BCUT2D eigenvalue weighted by Crippen LogP contribution is 2.31. The molecule has 2 heterocycles. The lowest BCUT2D eigenvalue weighted by atomic mass is 10.0.